The van der Waals surface area contributed by atoms with Crippen molar-refractivity contribution in [1.29, 1.82) is 0 Å². The number of benzene rings is 1. The van der Waals surface area contributed by atoms with Gasteiger partial charge in [-0.3, -0.25) is 0 Å². The average Bonchev–Trinajstić information content (AvgIpc) is 2.31. The summed E-state index contributed by atoms with van der Waals surface area (Å²) in [6.45, 7) is 1.37. The summed E-state index contributed by atoms with van der Waals surface area (Å²) in [7, 11) is 0. The molecule has 7 heteroatoms. The van der Waals surface area contributed by atoms with Crippen LogP contribution in [0.3, 0.4) is 0 Å². The fraction of sp³-hybridized carbons (Fsp3) is 0.273. The number of hydrogen-bond donors (Lipinski definition) is 1. The average molecular weight is 382 g/mol. The molecule has 98 valence electrons. The highest BCUT2D eigenvalue weighted by atomic mass is 79.9. The van der Waals surface area contributed by atoms with Crippen molar-refractivity contribution in [2.24, 2.45) is 0 Å². The molecule has 5 nitrogen and oxygen atoms in total. The monoisotopic (exact) mass is 380 g/mol. The molecule has 1 N–H and O–H groups in total. The molecule has 0 amide bonds. The van der Waals surface area contributed by atoms with Crippen molar-refractivity contribution in [1.82, 2.24) is 0 Å². The maximum atomic E-state index is 11.6. The smallest absolute Gasteiger partial charge is 0.344 e. The third-order valence-electron chi connectivity index (χ3n) is 1.87. The molecule has 0 bridgehead atoms. The Balaban J connectivity index is 2.76. The van der Waals surface area contributed by atoms with Crippen molar-refractivity contribution < 1.29 is 24.2 Å². The van der Waals surface area contributed by atoms with Gasteiger partial charge in [-0.25, -0.2) is 9.59 Å². The molecule has 1 rings (SSSR count). The molecular formula is C11H10Br2O5. The van der Waals surface area contributed by atoms with E-state index >= 15 is 0 Å². The Morgan fingerprint density at radius 2 is 1.94 bits per heavy atom. The molecule has 0 aliphatic heterocycles. The van der Waals surface area contributed by atoms with Gasteiger partial charge in [0.2, 0.25) is 0 Å². The fourth-order valence-electron chi connectivity index (χ4n) is 1.13. The van der Waals surface area contributed by atoms with Crippen LogP contribution in [0.5, 0.6) is 5.75 Å². The minimum atomic E-state index is -0.803. The van der Waals surface area contributed by atoms with E-state index in [1.54, 1.807) is 13.0 Å². The van der Waals surface area contributed by atoms with E-state index in [0.717, 1.165) is 0 Å². The standard InChI is InChI=1S/C11H10Br2O5/c1-2-17-9(14)5-18-11(16)7-3-6(12)4-8(13)10(7)15/h3-4,15H,2,5H2,1H3. The van der Waals surface area contributed by atoms with Crippen molar-refractivity contribution in [2.75, 3.05) is 13.2 Å². The van der Waals surface area contributed by atoms with Gasteiger partial charge in [-0.2, -0.15) is 0 Å². The fourth-order valence-corrected chi connectivity index (χ4v) is 2.35. The van der Waals surface area contributed by atoms with Gasteiger partial charge in [-0.05, 0) is 35.0 Å². The quantitative estimate of drug-likeness (QED) is 0.811. The van der Waals surface area contributed by atoms with E-state index in [1.165, 1.54) is 6.07 Å². The van der Waals surface area contributed by atoms with Crippen LogP contribution in [0.1, 0.15) is 17.3 Å². The van der Waals surface area contributed by atoms with Gasteiger partial charge in [0.15, 0.2) is 6.61 Å². The van der Waals surface area contributed by atoms with Crippen LogP contribution in [0, 0.1) is 0 Å². The molecule has 0 aliphatic rings. The van der Waals surface area contributed by atoms with E-state index in [4.69, 9.17) is 4.74 Å². The Kier molecular flexibility index (Phi) is 5.61. The highest BCUT2D eigenvalue weighted by Crippen LogP contribution is 2.32. The first-order valence-electron chi connectivity index (χ1n) is 4.96. The van der Waals surface area contributed by atoms with Crippen LogP contribution in [0.2, 0.25) is 0 Å². The lowest BCUT2D eigenvalue weighted by molar-refractivity contribution is -0.146. The van der Waals surface area contributed by atoms with E-state index < -0.39 is 18.5 Å². The molecule has 0 unspecified atom stereocenters. The topological polar surface area (TPSA) is 72.8 Å². The lowest BCUT2D eigenvalue weighted by Crippen LogP contribution is -2.16. The van der Waals surface area contributed by atoms with Gasteiger partial charge in [0.25, 0.3) is 0 Å². The number of halogens is 2. The molecular weight excluding hydrogens is 372 g/mol. The number of carbonyl (C=O) groups is 2. The summed E-state index contributed by atoms with van der Waals surface area (Å²) in [4.78, 5) is 22.7. The molecule has 0 fully saturated rings. The minimum absolute atomic E-state index is 0.0412. The summed E-state index contributed by atoms with van der Waals surface area (Å²) in [5, 5.41) is 9.68. The maximum absolute atomic E-state index is 11.6. The molecule has 1 aromatic rings. The first-order valence-corrected chi connectivity index (χ1v) is 6.55. The maximum Gasteiger partial charge on any atom is 0.344 e. The van der Waals surface area contributed by atoms with Gasteiger partial charge in [0.1, 0.15) is 11.3 Å². The lowest BCUT2D eigenvalue weighted by Gasteiger charge is -2.07. The second kappa shape index (κ2) is 6.75. The summed E-state index contributed by atoms with van der Waals surface area (Å²) in [5.74, 6) is -1.69. The molecule has 0 heterocycles. The third-order valence-corrected chi connectivity index (χ3v) is 2.94. The summed E-state index contributed by atoms with van der Waals surface area (Å²) in [6.07, 6.45) is 0. The first kappa shape index (κ1) is 15.0. The summed E-state index contributed by atoms with van der Waals surface area (Å²) in [6, 6.07) is 2.98. The number of aromatic hydroxyl groups is 1. The van der Waals surface area contributed by atoms with Crippen LogP contribution in [-0.4, -0.2) is 30.3 Å². The van der Waals surface area contributed by atoms with Crippen LogP contribution in [0.15, 0.2) is 21.1 Å². The van der Waals surface area contributed by atoms with E-state index in [0.29, 0.717) is 8.95 Å². The normalized spacial score (nSPS) is 9.94. The SMILES string of the molecule is CCOC(=O)COC(=O)c1cc(Br)cc(Br)c1O. The Morgan fingerprint density at radius 1 is 1.28 bits per heavy atom. The van der Waals surface area contributed by atoms with Gasteiger partial charge in [-0.15, -0.1) is 0 Å². The van der Waals surface area contributed by atoms with E-state index in [-0.39, 0.29) is 17.9 Å². The molecule has 0 saturated carbocycles. The van der Waals surface area contributed by atoms with Crippen molar-refractivity contribution in [3.05, 3.63) is 26.6 Å². The van der Waals surface area contributed by atoms with Gasteiger partial charge in [-0.1, -0.05) is 15.9 Å². The lowest BCUT2D eigenvalue weighted by atomic mass is 10.2. The Morgan fingerprint density at radius 3 is 2.56 bits per heavy atom. The van der Waals surface area contributed by atoms with Crippen molar-refractivity contribution in [3.8, 4) is 5.75 Å². The van der Waals surface area contributed by atoms with Crippen molar-refractivity contribution in [3.63, 3.8) is 0 Å². The van der Waals surface area contributed by atoms with Gasteiger partial charge in [0, 0.05) is 4.47 Å². The molecule has 0 saturated heterocycles. The summed E-state index contributed by atoms with van der Waals surface area (Å²) in [5.41, 5.74) is -0.0412. The molecule has 0 radical (unpaired) electrons. The second-order valence-corrected chi connectivity index (χ2v) is 4.93. The molecule has 0 aliphatic carbocycles. The Labute approximate surface area is 120 Å². The number of esters is 2. The first-order chi connectivity index (χ1) is 8.45. The highest BCUT2D eigenvalue weighted by molar-refractivity contribution is 9.11. The summed E-state index contributed by atoms with van der Waals surface area (Å²) < 4.78 is 10.3. The number of phenols is 1. The number of carbonyl (C=O) groups excluding carboxylic acids is 2. The van der Waals surface area contributed by atoms with E-state index in [1.807, 2.05) is 0 Å². The van der Waals surface area contributed by atoms with Gasteiger partial charge >= 0.3 is 11.9 Å². The van der Waals surface area contributed by atoms with Crippen LogP contribution >= 0.6 is 31.9 Å². The number of ether oxygens (including phenoxy) is 2. The van der Waals surface area contributed by atoms with Crippen LogP contribution in [0.25, 0.3) is 0 Å². The predicted octanol–water partition coefficient (Wildman–Crippen LogP) is 2.64. The molecule has 1 aromatic carbocycles. The third kappa shape index (κ3) is 3.99. The number of phenolic OH excluding ortho intramolecular Hbond substituents is 1. The van der Waals surface area contributed by atoms with Crippen LogP contribution in [-0.2, 0) is 14.3 Å². The van der Waals surface area contributed by atoms with Crippen molar-refractivity contribution in [2.45, 2.75) is 6.92 Å². The molecule has 0 aromatic heterocycles. The zero-order valence-corrected chi connectivity index (χ0v) is 12.6. The largest absolute Gasteiger partial charge is 0.506 e. The predicted molar refractivity (Wildman–Crippen MR) is 70.4 cm³/mol. The van der Waals surface area contributed by atoms with Gasteiger partial charge < -0.3 is 14.6 Å². The molecule has 0 atom stereocenters. The Bertz CT molecular complexity index is 473. The van der Waals surface area contributed by atoms with Crippen LogP contribution in [0.4, 0.5) is 0 Å². The van der Waals surface area contributed by atoms with E-state index in [9.17, 15) is 14.7 Å². The van der Waals surface area contributed by atoms with Crippen LogP contribution < -0.4 is 0 Å². The zero-order valence-electron chi connectivity index (χ0n) is 9.41. The minimum Gasteiger partial charge on any atom is -0.506 e. The van der Waals surface area contributed by atoms with E-state index in [2.05, 4.69) is 36.6 Å². The zero-order chi connectivity index (χ0) is 13.7. The molecule has 0 spiro atoms. The van der Waals surface area contributed by atoms with Crippen molar-refractivity contribution >= 4 is 43.8 Å². The highest BCUT2D eigenvalue weighted by Gasteiger charge is 2.17. The van der Waals surface area contributed by atoms with Gasteiger partial charge in [0.05, 0.1) is 11.1 Å². The second-order valence-electron chi connectivity index (χ2n) is 3.16. The number of hydrogen-bond acceptors (Lipinski definition) is 5. The Hall–Kier alpha value is -1.08. The molecule has 18 heavy (non-hydrogen) atoms. The number of rotatable bonds is 4. The summed E-state index contributed by atoms with van der Waals surface area (Å²) >= 11 is 6.27.